The molecule has 4 heteroatoms. The molecule has 0 spiro atoms. The number of alkyl halides is 1. The first-order chi connectivity index (χ1) is 4.57. The summed E-state index contributed by atoms with van der Waals surface area (Å²) in [6, 6.07) is 0.944. The topological polar surface area (TPSA) is 61.1 Å². The molecule has 0 amide bonds. The maximum absolute atomic E-state index is 9.01. The summed E-state index contributed by atoms with van der Waals surface area (Å²) >= 11 is 5.54. The van der Waals surface area contributed by atoms with E-state index in [9.17, 15) is 0 Å². The van der Waals surface area contributed by atoms with E-state index < -0.39 is 5.97 Å². The van der Waals surface area contributed by atoms with Gasteiger partial charge >= 0.3 is 5.97 Å². The average Bonchev–Trinajstić information content (AvgIpc) is 2.47. The summed E-state index contributed by atoms with van der Waals surface area (Å²) in [6.45, 7) is 2.16. The van der Waals surface area contributed by atoms with Crippen molar-refractivity contribution in [2.24, 2.45) is 5.92 Å². The van der Waals surface area contributed by atoms with Crippen molar-refractivity contribution in [3.8, 4) is 6.07 Å². The Morgan fingerprint density at radius 2 is 2.10 bits per heavy atom. The maximum Gasteiger partial charge on any atom is 0.408 e. The van der Waals surface area contributed by atoms with Crippen LogP contribution >= 0.6 is 11.6 Å². The second-order valence-electron chi connectivity index (χ2n) is 2.15. The molecule has 1 fully saturated rings. The van der Waals surface area contributed by atoms with Crippen LogP contribution in [0.3, 0.4) is 0 Å². The molecular weight excluding hydrogens is 154 g/mol. The highest BCUT2D eigenvalue weighted by atomic mass is 35.5. The fraction of sp³-hybridized carbons (Fsp3) is 0.667. The summed E-state index contributed by atoms with van der Waals surface area (Å²) in [6.07, 6.45) is 1.24. The van der Waals surface area contributed by atoms with Gasteiger partial charge in [0.15, 0.2) is 6.07 Å². The first-order valence-corrected chi connectivity index (χ1v) is 3.28. The van der Waals surface area contributed by atoms with Crippen LogP contribution < -0.4 is 0 Å². The van der Waals surface area contributed by atoms with E-state index in [-0.39, 0.29) is 0 Å². The zero-order valence-corrected chi connectivity index (χ0v) is 6.30. The third kappa shape index (κ3) is 5.39. The van der Waals surface area contributed by atoms with E-state index in [1.807, 2.05) is 0 Å². The van der Waals surface area contributed by atoms with Gasteiger partial charge in [-0.2, -0.15) is 5.26 Å². The predicted octanol–water partition coefficient (Wildman–Crippen LogP) is 1.23. The van der Waals surface area contributed by atoms with Crippen molar-refractivity contribution in [2.45, 2.75) is 18.7 Å². The van der Waals surface area contributed by atoms with Crippen LogP contribution in [-0.2, 0) is 4.79 Å². The Hall–Kier alpha value is -0.750. The first kappa shape index (κ1) is 9.25. The maximum atomic E-state index is 9.01. The molecule has 0 aromatic rings. The van der Waals surface area contributed by atoms with E-state index in [0.29, 0.717) is 5.38 Å². The standard InChI is InChI=1S/C4H7Cl.C2HNO2/c1-3-2-4(3)5;3-1-2(4)5/h3-4H,2H2,1H3;(H,4,5). The second-order valence-corrected chi connectivity index (χ2v) is 2.71. The van der Waals surface area contributed by atoms with E-state index in [1.54, 1.807) is 0 Å². The van der Waals surface area contributed by atoms with Gasteiger partial charge in [-0.05, 0) is 12.3 Å². The van der Waals surface area contributed by atoms with Gasteiger partial charge < -0.3 is 5.11 Å². The van der Waals surface area contributed by atoms with Gasteiger partial charge in [0.25, 0.3) is 0 Å². The normalized spacial score (nSPS) is 27.3. The smallest absolute Gasteiger partial charge is 0.408 e. The van der Waals surface area contributed by atoms with Crippen LogP contribution in [0.1, 0.15) is 13.3 Å². The number of nitrogens with zero attached hydrogens (tertiary/aromatic N) is 1. The third-order valence-electron chi connectivity index (χ3n) is 1.11. The van der Waals surface area contributed by atoms with Crippen molar-refractivity contribution in [1.82, 2.24) is 0 Å². The molecule has 0 aromatic heterocycles. The Bertz CT molecular complexity index is 158. The zero-order chi connectivity index (χ0) is 8.15. The van der Waals surface area contributed by atoms with Gasteiger partial charge in [-0.15, -0.1) is 11.6 Å². The van der Waals surface area contributed by atoms with E-state index in [0.717, 1.165) is 12.0 Å². The Kier molecular flexibility index (Phi) is 3.82. The van der Waals surface area contributed by atoms with Crippen LogP contribution in [0.15, 0.2) is 0 Å². The monoisotopic (exact) mass is 161 g/mol. The highest BCUT2D eigenvalue weighted by molar-refractivity contribution is 6.22. The van der Waals surface area contributed by atoms with E-state index in [4.69, 9.17) is 26.8 Å². The van der Waals surface area contributed by atoms with Gasteiger partial charge in [0.2, 0.25) is 0 Å². The summed E-state index contributed by atoms with van der Waals surface area (Å²) in [5.74, 6) is -0.623. The molecule has 1 N–H and O–H groups in total. The molecule has 1 aliphatic rings. The van der Waals surface area contributed by atoms with Crippen molar-refractivity contribution >= 4 is 17.6 Å². The fourth-order valence-electron chi connectivity index (χ4n) is 0.277. The molecule has 1 saturated carbocycles. The van der Waals surface area contributed by atoms with Gasteiger partial charge in [0.1, 0.15) is 0 Å². The SMILES string of the molecule is CC1CC1Cl.N#CC(=O)O. The quantitative estimate of drug-likeness (QED) is 0.330. The molecule has 1 aliphatic carbocycles. The third-order valence-corrected chi connectivity index (χ3v) is 1.72. The van der Waals surface area contributed by atoms with Gasteiger partial charge in [0, 0.05) is 5.38 Å². The number of nitriles is 1. The number of hydrogen-bond donors (Lipinski definition) is 1. The Morgan fingerprint density at radius 3 is 2.10 bits per heavy atom. The molecule has 0 bridgehead atoms. The van der Waals surface area contributed by atoms with Crippen molar-refractivity contribution in [2.75, 3.05) is 0 Å². The molecule has 0 radical (unpaired) electrons. The van der Waals surface area contributed by atoms with E-state index in [2.05, 4.69) is 6.92 Å². The summed E-state index contributed by atoms with van der Waals surface area (Å²) in [5, 5.41) is 15.2. The van der Waals surface area contributed by atoms with Gasteiger partial charge in [-0.1, -0.05) is 6.92 Å². The molecule has 2 atom stereocenters. The summed E-state index contributed by atoms with van der Waals surface area (Å²) in [4.78, 5) is 9.01. The highest BCUT2D eigenvalue weighted by Crippen LogP contribution is 2.34. The van der Waals surface area contributed by atoms with Crippen LogP contribution in [0.2, 0.25) is 0 Å². The predicted molar refractivity (Wildman–Crippen MR) is 36.7 cm³/mol. The lowest BCUT2D eigenvalue weighted by molar-refractivity contribution is -0.130. The number of carboxylic acids is 1. The fourth-order valence-corrected chi connectivity index (χ4v) is 0.558. The minimum absolute atomic E-state index is 0.523. The molecule has 10 heavy (non-hydrogen) atoms. The van der Waals surface area contributed by atoms with Crippen LogP contribution in [0, 0.1) is 17.2 Å². The molecule has 1 rings (SSSR count). The Labute approximate surface area is 64.2 Å². The van der Waals surface area contributed by atoms with E-state index >= 15 is 0 Å². The zero-order valence-electron chi connectivity index (χ0n) is 5.54. The molecule has 0 heterocycles. The van der Waals surface area contributed by atoms with Gasteiger partial charge in [0.05, 0.1) is 0 Å². The van der Waals surface area contributed by atoms with Crippen molar-refractivity contribution < 1.29 is 9.90 Å². The minimum Gasteiger partial charge on any atom is -0.470 e. The summed E-state index contributed by atoms with van der Waals surface area (Å²) in [5.41, 5.74) is 0. The first-order valence-electron chi connectivity index (χ1n) is 2.85. The Balaban J connectivity index is 0.000000162. The second kappa shape index (κ2) is 4.13. The lowest BCUT2D eigenvalue weighted by Crippen LogP contribution is -1.83. The lowest BCUT2D eigenvalue weighted by Gasteiger charge is -1.64. The van der Waals surface area contributed by atoms with Crippen molar-refractivity contribution in [3.05, 3.63) is 0 Å². The molecule has 56 valence electrons. The van der Waals surface area contributed by atoms with Gasteiger partial charge in [-0.25, -0.2) is 4.79 Å². The molecule has 0 aromatic carbocycles. The summed E-state index contributed by atoms with van der Waals surface area (Å²) < 4.78 is 0. The molecule has 2 unspecified atom stereocenters. The van der Waals surface area contributed by atoms with Crippen LogP contribution in [0.5, 0.6) is 0 Å². The number of carboxylic acid groups (broad SMARTS) is 1. The van der Waals surface area contributed by atoms with Crippen LogP contribution in [-0.4, -0.2) is 16.5 Å². The van der Waals surface area contributed by atoms with E-state index in [1.165, 1.54) is 6.42 Å². The highest BCUT2D eigenvalue weighted by Gasteiger charge is 2.29. The summed E-state index contributed by atoms with van der Waals surface area (Å²) in [7, 11) is 0. The molecule has 3 nitrogen and oxygen atoms in total. The minimum atomic E-state index is -1.44. The number of hydrogen-bond acceptors (Lipinski definition) is 2. The molecule has 0 aliphatic heterocycles. The number of aliphatic carboxylic acids is 1. The largest absolute Gasteiger partial charge is 0.470 e. The number of halogens is 1. The number of carbonyl (C=O) groups is 1. The van der Waals surface area contributed by atoms with Crippen molar-refractivity contribution in [1.29, 1.82) is 5.26 Å². The molecular formula is C6H8ClNO2. The average molecular weight is 162 g/mol. The van der Waals surface area contributed by atoms with Crippen LogP contribution in [0.25, 0.3) is 0 Å². The Morgan fingerprint density at radius 1 is 1.90 bits per heavy atom. The van der Waals surface area contributed by atoms with Crippen molar-refractivity contribution in [3.63, 3.8) is 0 Å². The molecule has 0 saturated heterocycles. The van der Waals surface area contributed by atoms with Crippen LogP contribution in [0.4, 0.5) is 0 Å². The lowest BCUT2D eigenvalue weighted by atomic mass is 10.5. The number of rotatable bonds is 0. The van der Waals surface area contributed by atoms with Gasteiger partial charge in [-0.3, -0.25) is 0 Å².